The number of benzene rings is 1. The lowest BCUT2D eigenvalue weighted by molar-refractivity contribution is -0.129. The van der Waals surface area contributed by atoms with Crippen molar-refractivity contribution in [3.63, 3.8) is 0 Å². The molecule has 1 heterocycles. The van der Waals surface area contributed by atoms with Gasteiger partial charge in [0.1, 0.15) is 6.10 Å². The summed E-state index contributed by atoms with van der Waals surface area (Å²) >= 11 is 0. The summed E-state index contributed by atoms with van der Waals surface area (Å²) in [5, 5.41) is 9.78. The fourth-order valence-corrected chi connectivity index (χ4v) is 3.98. The van der Waals surface area contributed by atoms with Gasteiger partial charge in [-0.15, -0.1) is 24.0 Å². The van der Waals surface area contributed by atoms with Crippen molar-refractivity contribution >= 4 is 29.9 Å². The minimum Gasteiger partial charge on any atom is -0.383 e. The Bertz CT molecular complexity index is 530. The van der Waals surface area contributed by atoms with Crippen LogP contribution in [0.25, 0.3) is 0 Å². The zero-order chi connectivity index (χ0) is 15.5. The Labute approximate surface area is 155 Å². The molecule has 0 bridgehead atoms. The van der Waals surface area contributed by atoms with Crippen LogP contribution < -0.4 is 5.73 Å². The maximum absolute atomic E-state index is 11.1. The van der Waals surface area contributed by atoms with Crippen LogP contribution in [0.1, 0.15) is 30.4 Å². The van der Waals surface area contributed by atoms with Gasteiger partial charge in [-0.1, -0.05) is 24.3 Å². The van der Waals surface area contributed by atoms with Crippen molar-refractivity contribution in [2.45, 2.75) is 38.2 Å². The smallest absolute Gasteiger partial charge is 0.246 e. The number of fused-ring (bicyclic) bond motifs is 1. The molecule has 1 aliphatic carbocycles. The summed E-state index contributed by atoms with van der Waals surface area (Å²) in [7, 11) is 0. The van der Waals surface area contributed by atoms with E-state index in [1.807, 2.05) is 0 Å². The molecule has 2 unspecified atom stereocenters. The van der Waals surface area contributed by atoms with E-state index >= 15 is 0 Å². The van der Waals surface area contributed by atoms with Crippen molar-refractivity contribution in [3.8, 4) is 0 Å². The molecule has 0 radical (unpaired) electrons. The number of piperidine rings is 1. The maximum Gasteiger partial charge on any atom is 0.246 e. The lowest BCUT2D eigenvalue weighted by Gasteiger charge is -2.36. The molecular weight excluding hydrogens is 403 g/mol. The zero-order valence-corrected chi connectivity index (χ0v) is 15.8. The fraction of sp³-hybridized carbons (Fsp3) is 0.611. The Morgan fingerprint density at radius 1 is 1.22 bits per heavy atom. The van der Waals surface area contributed by atoms with Gasteiger partial charge in [0.15, 0.2) is 0 Å². The van der Waals surface area contributed by atoms with E-state index in [1.54, 1.807) is 0 Å². The summed E-state index contributed by atoms with van der Waals surface area (Å²) in [5.74, 6) is 0.190. The first-order chi connectivity index (χ1) is 10.6. The molecule has 1 aromatic rings. The monoisotopic (exact) mass is 430 g/mol. The minimum atomic E-state index is -0.969. The fourth-order valence-electron chi connectivity index (χ4n) is 3.98. The molecule has 5 heteroatoms. The van der Waals surface area contributed by atoms with Crippen LogP contribution in [-0.2, 0) is 17.6 Å². The molecule has 1 amide bonds. The Hall–Kier alpha value is -0.660. The number of carbonyl (C=O) groups is 1. The topological polar surface area (TPSA) is 66.6 Å². The molecule has 2 atom stereocenters. The standard InChI is InChI=1S/C18H26N2O2.HI/c19-18(22)17(21)15-7-9-20(10-8-15)12-13-5-6-14-3-1-2-4-16(14)11-13;/h1-4,13,15,17,21H,5-12H2,(H2,19,22);1H. The molecule has 23 heavy (non-hydrogen) atoms. The van der Waals surface area contributed by atoms with Crippen molar-refractivity contribution in [2.24, 2.45) is 17.6 Å². The molecule has 0 saturated carbocycles. The van der Waals surface area contributed by atoms with Gasteiger partial charge in [-0.05, 0) is 68.2 Å². The molecule has 0 aromatic heterocycles. The van der Waals surface area contributed by atoms with Crippen molar-refractivity contribution in [1.29, 1.82) is 0 Å². The molecule has 2 aliphatic rings. The van der Waals surface area contributed by atoms with Gasteiger partial charge in [-0.25, -0.2) is 0 Å². The first-order valence-corrected chi connectivity index (χ1v) is 8.40. The van der Waals surface area contributed by atoms with E-state index in [0.29, 0.717) is 0 Å². The van der Waals surface area contributed by atoms with Gasteiger partial charge < -0.3 is 15.7 Å². The number of primary amides is 1. The van der Waals surface area contributed by atoms with Gasteiger partial charge in [0.25, 0.3) is 0 Å². The van der Waals surface area contributed by atoms with E-state index in [1.165, 1.54) is 30.4 Å². The Morgan fingerprint density at radius 2 is 1.87 bits per heavy atom. The molecule has 128 valence electrons. The number of aliphatic hydroxyl groups is 1. The van der Waals surface area contributed by atoms with Crippen molar-refractivity contribution < 1.29 is 9.90 Å². The van der Waals surface area contributed by atoms with Crippen LogP contribution in [0.3, 0.4) is 0 Å². The number of hydrogen-bond donors (Lipinski definition) is 2. The third-order valence-corrected chi connectivity index (χ3v) is 5.34. The van der Waals surface area contributed by atoms with Crippen LogP contribution in [0.4, 0.5) is 0 Å². The highest BCUT2D eigenvalue weighted by molar-refractivity contribution is 14.0. The highest BCUT2D eigenvalue weighted by Gasteiger charge is 2.29. The first-order valence-electron chi connectivity index (χ1n) is 8.40. The molecule has 1 fully saturated rings. The summed E-state index contributed by atoms with van der Waals surface area (Å²) in [6.45, 7) is 3.06. The number of aryl methyl sites for hydroxylation is 1. The van der Waals surface area contributed by atoms with Gasteiger partial charge in [-0.2, -0.15) is 0 Å². The molecule has 3 rings (SSSR count). The van der Waals surface area contributed by atoms with E-state index in [2.05, 4.69) is 29.2 Å². The van der Waals surface area contributed by atoms with Crippen LogP contribution in [0.2, 0.25) is 0 Å². The van der Waals surface area contributed by atoms with Gasteiger partial charge in [0, 0.05) is 6.54 Å². The zero-order valence-electron chi connectivity index (χ0n) is 13.5. The quantitative estimate of drug-likeness (QED) is 0.718. The van der Waals surface area contributed by atoms with E-state index in [-0.39, 0.29) is 29.9 Å². The van der Waals surface area contributed by atoms with Crippen molar-refractivity contribution in [2.75, 3.05) is 19.6 Å². The number of likely N-dealkylation sites (tertiary alicyclic amines) is 1. The second-order valence-corrected chi connectivity index (χ2v) is 6.86. The number of aliphatic hydroxyl groups excluding tert-OH is 1. The van der Waals surface area contributed by atoms with Gasteiger partial charge in [0.2, 0.25) is 5.91 Å². The van der Waals surface area contributed by atoms with Crippen LogP contribution in [0.5, 0.6) is 0 Å². The number of halogens is 1. The summed E-state index contributed by atoms with van der Waals surface area (Å²) in [5.41, 5.74) is 8.22. The Balaban J connectivity index is 0.00000192. The lowest BCUT2D eigenvalue weighted by atomic mass is 9.83. The summed E-state index contributed by atoms with van der Waals surface area (Å²) in [6.07, 6.45) is 4.41. The summed E-state index contributed by atoms with van der Waals surface area (Å²) in [6, 6.07) is 8.78. The predicted octanol–water partition coefficient (Wildman–Crippen LogP) is 1.97. The van der Waals surface area contributed by atoms with Gasteiger partial charge in [0.05, 0.1) is 0 Å². The molecule has 3 N–H and O–H groups in total. The van der Waals surface area contributed by atoms with Crippen LogP contribution in [-0.4, -0.2) is 41.7 Å². The number of carbonyl (C=O) groups excluding carboxylic acids is 1. The molecule has 1 saturated heterocycles. The first kappa shape index (κ1) is 18.7. The number of hydrogen-bond acceptors (Lipinski definition) is 3. The van der Waals surface area contributed by atoms with E-state index in [4.69, 9.17) is 5.73 Å². The highest BCUT2D eigenvalue weighted by atomic mass is 127. The third-order valence-electron chi connectivity index (χ3n) is 5.34. The number of nitrogens with zero attached hydrogens (tertiary/aromatic N) is 1. The van der Waals surface area contributed by atoms with Crippen molar-refractivity contribution in [3.05, 3.63) is 35.4 Å². The van der Waals surface area contributed by atoms with Crippen molar-refractivity contribution in [1.82, 2.24) is 4.90 Å². The van der Waals surface area contributed by atoms with Gasteiger partial charge >= 0.3 is 0 Å². The third kappa shape index (κ3) is 4.67. The van der Waals surface area contributed by atoms with Gasteiger partial charge in [-0.3, -0.25) is 4.79 Å². The second-order valence-electron chi connectivity index (χ2n) is 6.86. The molecule has 1 aromatic carbocycles. The molecular formula is C18H27IN2O2. The highest BCUT2D eigenvalue weighted by Crippen LogP contribution is 2.28. The maximum atomic E-state index is 11.1. The van der Waals surface area contributed by atoms with E-state index < -0.39 is 12.0 Å². The Morgan fingerprint density at radius 3 is 2.52 bits per heavy atom. The number of amides is 1. The van der Waals surface area contributed by atoms with E-state index in [9.17, 15) is 9.90 Å². The average molecular weight is 430 g/mol. The van der Waals surface area contributed by atoms with E-state index in [0.717, 1.165) is 38.4 Å². The number of nitrogens with two attached hydrogens (primary N) is 1. The largest absolute Gasteiger partial charge is 0.383 e. The second kappa shape index (κ2) is 8.44. The molecule has 1 aliphatic heterocycles. The predicted molar refractivity (Wildman–Crippen MR) is 102 cm³/mol. The number of rotatable bonds is 4. The minimum absolute atomic E-state index is 0. The Kier molecular flexibility index (Phi) is 6.85. The van der Waals surface area contributed by atoms with Crippen LogP contribution in [0, 0.1) is 11.8 Å². The SMILES string of the molecule is I.NC(=O)C(O)C1CCN(CC2CCc3ccccc3C2)CC1. The van der Waals surface area contributed by atoms with Crippen LogP contribution >= 0.6 is 24.0 Å². The van der Waals surface area contributed by atoms with Crippen LogP contribution in [0.15, 0.2) is 24.3 Å². The summed E-state index contributed by atoms with van der Waals surface area (Å²) < 4.78 is 0. The summed E-state index contributed by atoms with van der Waals surface area (Å²) in [4.78, 5) is 13.6. The average Bonchev–Trinajstić information content (AvgIpc) is 2.55. The lowest BCUT2D eigenvalue weighted by Crippen LogP contribution is -2.44. The normalized spacial score (nSPS) is 23.6. The molecule has 4 nitrogen and oxygen atoms in total. The molecule has 0 spiro atoms.